The highest BCUT2D eigenvalue weighted by molar-refractivity contribution is 5.85. The molecule has 0 radical (unpaired) electrons. The molecule has 0 aliphatic rings. The van der Waals surface area contributed by atoms with Crippen molar-refractivity contribution < 1.29 is 13.2 Å². The Bertz CT molecular complexity index is 760. The predicted octanol–water partition coefficient (Wildman–Crippen LogP) is 4.13. The number of halogens is 4. The van der Waals surface area contributed by atoms with Gasteiger partial charge in [-0.3, -0.25) is 9.97 Å². The zero-order chi connectivity index (χ0) is 14.2. The average Bonchev–Trinajstić information content (AvgIpc) is 2.46. The zero-order valence-electron chi connectivity index (χ0n) is 10.5. The van der Waals surface area contributed by atoms with E-state index < -0.39 is 11.7 Å². The minimum atomic E-state index is -4.44. The fourth-order valence-electron chi connectivity index (χ4n) is 1.97. The van der Waals surface area contributed by atoms with Crippen molar-refractivity contribution in [3.8, 4) is 11.4 Å². The molecule has 1 aromatic carbocycles. The third-order valence-electron chi connectivity index (χ3n) is 2.85. The van der Waals surface area contributed by atoms with Crippen LogP contribution in [0.3, 0.4) is 0 Å². The molecule has 0 N–H and O–H groups in total. The van der Waals surface area contributed by atoms with Crippen LogP contribution in [0.4, 0.5) is 13.2 Å². The summed E-state index contributed by atoms with van der Waals surface area (Å²) in [6, 6.07) is 7.17. The second kappa shape index (κ2) is 5.65. The van der Waals surface area contributed by atoms with E-state index in [2.05, 4.69) is 15.0 Å². The number of hydrogen-bond donors (Lipinski definition) is 0. The summed E-state index contributed by atoms with van der Waals surface area (Å²) in [4.78, 5) is 12.1. The molecule has 0 saturated heterocycles. The molecule has 2 aromatic heterocycles. The van der Waals surface area contributed by atoms with E-state index >= 15 is 0 Å². The first-order valence-electron chi connectivity index (χ1n) is 5.79. The largest absolute Gasteiger partial charge is 0.417 e. The molecule has 108 valence electrons. The Morgan fingerprint density at radius 1 is 0.952 bits per heavy atom. The Labute approximate surface area is 124 Å². The van der Waals surface area contributed by atoms with Crippen molar-refractivity contribution in [2.24, 2.45) is 0 Å². The van der Waals surface area contributed by atoms with Crippen LogP contribution in [0.25, 0.3) is 22.3 Å². The number of fused-ring (bicyclic) bond motifs is 1. The monoisotopic (exact) mass is 311 g/mol. The lowest BCUT2D eigenvalue weighted by atomic mass is 10.1. The molecule has 0 saturated carbocycles. The molecule has 0 unspecified atom stereocenters. The van der Waals surface area contributed by atoms with Gasteiger partial charge in [0, 0.05) is 17.8 Å². The summed E-state index contributed by atoms with van der Waals surface area (Å²) in [5.41, 5.74) is 0.0274. The minimum absolute atomic E-state index is 0. The van der Waals surface area contributed by atoms with Crippen LogP contribution in [-0.2, 0) is 6.18 Å². The lowest BCUT2D eigenvalue weighted by molar-refractivity contribution is -0.136. The van der Waals surface area contributed by atoms with E-state index in [1.54, 1.807) is 18.2 Å². The van der Waals surface area contributed by atoms with E-state index in [4.69, 9.17) is 0 Å². The van der Waals surface area contributed by atoms with Crippen LogP contribution in [0.2, 0.25) is 0 Å². The first-order chi connectivity index (χ1) is 9.55. The van der Waals surface area contributed by atoms with E-state index in [1.165, 1.54) is 24.7 Å². The molecule has 0 amide bonds. The van der Waals surface area contributed by atoms with Crippen molar-refractivity contribution in [3.63, 3.8) is 0 Å². The smallest absolute Gasteiger partial charge is 0.261 e. The quantitative estimate of drug-likeness (QED) is 0.678. The first-order valence-corrected chi connectivity index (χ1v) is 5.79. The average molecular weight is 312 g/mol. The highest BCUT2D eigenvalue weighted by Gasteiger charge is 2.33. The molecule has 0 bridgehead atoms. The van der Waals surface area contributed by atoms with Crippen molar-refractivity contribution >= 4 is 23.3 Å². The van der Waals surface area contributed by atoms with Crippen molar-refractivity contribution in [1.82, 2.24) is 15.0 Å². The SMILES string of the molecule is Cl.FC(F)(F)c1cc(-c2cnccn2)nc2ccccc12. The molecular weight excluding hydrogens is 303 g/mol. The maximum Gasteiger partial charge on any atom is 0.417 e. The van der Waals surface area contributed by atoms with Crippen molar-refractivity contribution in [3.05, 3.63) is 54.5 Å². The summed E-state index contributed by atoms with van der Waals surface area (Å²) >= 11 is 0. The van der Waals surface area contributed by atoms with Crippen LogP contribution in [0.15, 0.2) is 48.9 Å². The van der Waals surface area contributed by atoms with Crippen molar-refractivity contribution in [2.45, 2.75) is 6.18 Å². The Balaban J connectivity index is 0.00000161. The number of alkyl halides is 3. The van der Waals surface area contributed by atoms with Gasteiger partial charge in [0.1, 0.15) is 5.69 Å². The van der Waals surface area contributed by atoms with Crippen molar-refractivity contribution in [1.29, 1.82) is 0 Å². The number of pyridine rings is 1. The number of benzene rings is 1. The van der Waals surface area contributed by atoms with Crippen LogP contribution < -0.4 is 0 Å². The number of rotatable bonds is 1. The lowest BCUT2D eigenvalue weighted by Crippen LogP contribution is -2.07. The second-order valence-corrected chi connectivity index (χ2v) is 4.16. The summed E-state index contributed by atoms with van der Waals surface area (Å²) in [7, 11) is 0. The Kier molecular flexibility index (Phi) is 4.09. The molecule has 3 rings (SSSR count). The van der Waals surface area contributed by atoms with Gasteiger partial charge in [-0.15, -0.1) is 12.4 Å². The predicted molar refractivity (Wildman–Crippen MR) is 75.0 cm³/mol. The fourth-order valence-corrected chi connectivity index (χ4v) is 1.97. The fraction of sp³-hybridized carbons (Fsp3) is 0.0714. The summed E-state index contributed by atoms with van der Waals surface area (Å²) in [6.45, 7) is 0. The van der Waals surface area contributed by atoms with E-state index in [-0.39, 0.29) is 29.0 Å². The Morgan fingerprint density at radius 3 is 2.38 bits per heavy atom. The number of aromatic nitrogens is 3. The molecular formula is C14H9ClF3N3. The van der Waals surface area contributed by atoms with Crippen LogP contribution >= 0.6 is 12.4 Å². The van der Waals surface area contributed by atoms with Gasteiger partial charge in [0.15, 0.2) is 0 Å². The van der Waals surface area contributed by atoms with Gasteiger partial charge in [0.25, 0.3) is 0 Å². The van der Waals surface area contributed by atoms with Gasteiger partial charge in [0.2, 0.25) is 0 Å². The van der Waals surface area contributed by atoms with Gasteiger partial charge in [-0.25, -0.2) is 4.98 Å². The highest BCUT2D eigenvalue weighted by atomic mass is 35.5. The maximum absolute atomic E-state index is 13.1. The lowest BCUT2D eigenvalue weighted by Gasteiger charge is -2.12. The molecule has 3 aromatic rings. The molecule has 0 fully saturated rings. The maximum atomic E-state index is 13.1. The van der Waals surface area contributed by atoms with Crippen LogP contribution in [0.1, 0.15) is 5.56 Å². The van der Waals surface area contributed by atoms with E-state index in [1.807, 2.05) is 0 Å². The van der Waals surface area contributed by atoms with E-state index in [0.717, 1.165) is 6.07 Å². The molecule has 0 spiro atoms. The second-order valence-electron chi connectivity index (χ2n) is 4.16. The Morgan fingerprint density at radius 2 is 1.71 bits per heavy atom. The van der Waals surface area contributed by atoms with Gasteiger partial charge in [-0.1, -0.05) is 18.2 Å². The topological polar surface area (TPSA) is 38.7 Å². The molecule has 0 atom stereocenters. The van der Waals surface area contributed by atoms with Gasteiger partial charge >= 0.3 is 6.18 Å². The van der Waals surface area contributed by atoms with E-state index in [0.29, 0.717) is 5.69 Å². The summed E-state index contributed by atoms with van der Waals surface area (Å²) in [5, 5.41) is 0.0765. The molecule has 21 heavy (non-hydrogen) atoms. The molecule has 0 aliphatic carbocycles. The summed E-state index contributed by atoms with van der Waals surface area (Å²) in [5.74, 6) is 0. The standard InChI is InChI=1S/C14H8F3N3.ClH/c15-14(16,17)10-7-12(13-8-18-5-6-19-13)20-11-4-2-1-3-9(10)11;/h1-8H;1H. The highest BCUT2D eigenvalue weighted by Crippen LogP contribution is 2.36. The molecule has 3 nitrogen and oxygen atoms in total. The summed E-state index contributed by atoms with van der Waals surface area (Å²) < 4.78 is 39.4. The summed E-state index contributed by atoms with van der Waals surface area (Å²) in [6.07, 6.45) is -0.189. The van der Waals surface area contributed by atoms with Crippen LogP contribution in [0.5, 0.6) is 0 Å². The van der Waals surface area contributed by atoms with Crippen LogP contribution in [-0.4, -0.2) is 15.0 Å². The van der Waals surface area contributed by atoms with Gasteiger partial charge < -0.3 is 0 Å². The molecule has 7 heteroatoms. The van der Waals surface area contributed by atoms with Gasteiger partial charge in [-0.05, 0) is 12.1 Å². The molecule has 2 heterocycles. The van der Waals surface area contributed by atoms with E-state index in [9.17, 15) is 13.2 Å². The first kappa shape index (κ1) is 15.2. The van der Waals surface area contributed by atoms with Gasteiger partial charge in [0.05, 0.1) is 23.0 Å². The number of nitrogens with zero attached hydrogens (tertiary/aromatic N) is 3. The number of para-hydroxylation sites is 1. The third kappa shape index (κ3) is 2.95. The van der Waals surface area contributed by atoms with Crippen LogP contribution in [0, 0.1) is 0 Å². The van der Waals surface area contributed by atoms with Gasteiger partial charge in [-0.2, -0.15) is 13.2 Å². The van der Waals surface area contributed by atoms with Crippen molar-refractivity contribution in [2.75, 3.05) is 0 Å². The zero-order valence-corrected chi connectivity index (χ0v) is 11.3. The third-order valence-corrected chi connectivity index (χ3v) is 2.85. The normalized spacial score (nSPS) is 11.2. The minimum Gasteiger partial charge on any atom is -0.261 e. The number of hydrogen-bond acceptors (Lipinski definition) is 3. The molecule has 0 aliphatic heterocycles. The Hall–Kier alpha value is -2.21.